The third kappa shape index (κ3) is 2.87. The summed E-state index contributed by atoms with van der Waals surface area (Å²) < 4.78 is 0. The van der Waals surface area contributed by atoms with Crippen molar-refractivity contribution in [3.63, 3.8) is 0 Å². The number of aliphatic hydroxyl groups is 1. The van der Waals surface area contributed by atoms with Gasteiger partial charge in [-0.3, -0.25) is 4.79 Å². The average Bonchev–Trinajstić information content (AvgIpc) is 2.73. The van der Waals surface area contributed by atoms with E-state index in [1.807, 2.05) is 6.92 Å². The predicted molar refractivity (Wildman–Crippen MR) is 133 cm³/mol. The molecule has 4 saturated carbocycles. The van der Waals surface area contributed by atoms with Crippen molar-refractivity contribution >= 4 is 5.97 Å². The van der Waals surface area contributed by atoms with Gasteiger partial charge in [-0.05, 0) is 116 Å². The fourth-order valence-electron chi connectivity index (χ4n) is 10.5. The zero-order valence-corrected chi connectivity index (χ0v) is 22.3. The van der Waals surface area contributed by atoms with Gasteiger partial charge in [0.15, 0.2) is 0 Å². The molecule has 5 rings (SSSR count). The van der Waals surface area contributed by atoms with Crippen LogP contribution in [0.1, 0.15) is 113 Å². The van der Waals surface area contributed by atoms with Crippen LogP contribution >= 0.6 is 0 Å². The van der Waals surface area contributed by atoms with Gasteiger partial charge in [-0.1, -0.05) is 53.2 Å². The maximum Gasteiger partial charge on any atom is 0.309 e. The van der Waals surface area contributed by atoms with E-state index in [2.05, 4.69) is 47.6 Å². The summed E-state index contributed by atoms with van der Waals surface area (Å²) in [6.07, 6.45) is 13.2. The molecule has 8 unspecified atom stereocenters. The van der Waals surface area contributed by atoms with E-state index >= 15 is 0 Å². The number of carbonyl (C=O) groups is 1. The molecule has 0 aromatic heterocycles. The number of fused-ring (bicyclic) bond motifs is 7. The summed E-state index contributed by atoms with van der Waals surface area (Å²) in [5.74, 6) is 1.01. The Morgan fingerprint density at radius 3 is 2.21 bits per heavy atom. The zero-order chi connectivity index (χ0) is 24.2. The molecule has 9 atom stereocenters. The summed E-state index contributed by atoms with van der Waals surface area (Å²) in [7, 11) is 0. The van der Waals surface area contributed by atoms with Gasteiger partial charge in [0.25, 0.3) is 0 Å². The molecular formula is C30H48O3. The van der Waals surface area contributed by atoms with Crippen LogP contribution in [-0.4, -0.2) is 22.3 Å². The first-order valence-corrected chi connectivity index (χ1v) is 13.8. The fourth-order valence-corrected chi connectivity index (χ4v) is 10.5. The first-order chi connectivity index (χ1) is 15.1. The van der Waals surface area contributed by atoms with Crippen molar-refractivity contribution in [2.75, 3.05) is 0 Å². The molecule has 2 N–H and O–H groups in total. The lowest BCUT2D eigenvalue weighted by Crippen LogP contribution is -2.64. The molecule has 5 aliphatic rings. The molecule has 0 bridgehead atoms. The van der Waals surface area contributed by atoms with Crippen molar-refractivity contribution in [1.29, 1.82) is 0 Å². The van der Waals surface area contributed by atoms with Gasteiger partial charge < -0.3 is 10.2 Å². The van der Waals surface area contributed by atoms with Crippen LogP contribution < -0.4 is 0 Å². The molecule has 0 heterocycles. The Balaban J connectivity index is 1.57. The highest BCUT2D eigenvalue weighted by atomic mass is 16.4. The lowest BCUT2D eigenvalue weighted by molar-refractivity contribution is -0.203. The van der Waals surface area contributed by atoms with Crippen molar-refractivity contribution in [3.8, 4) is 0 Å². The van der Waals surface area contributed by atoms with Crippen LogP contribution in [0.25, 0.3) is 0 Å². The normalized spacial score (nSPS) is 55.3. The number of hydrogen-bond donors (Lipinski definition) is 2. The predicted octanol–water partition coefficient (Wildman–Crippen LogP) is 7.23. The van der Waals surface area contributed by atoms with Crippen LogP contribution in [0.3, 0.4) is 0 Å². The molecule has 0 spiro atoms. The number of carboxylic acids is 1. The number of aliphatic hydroxyl groups excluding tert-OH is 1. The van der Waals surface area contributed by atoms with E-state index in [-0.39, 0.29) is 33.2 Å². The second kappa shape index (κ2) is 6.89. The summed E-state index contributed by atoms with van der Waals surface area (Å²) in [4.78, 5) is 12.2. The third-order valence-corrected chi connectivity index (χ3v) is 13.3. The average molecular weight is 457 g/mol. The number of hydrogen-bond acceptors (Lipinski definition) is 2. The van der Waals surface area contributed by atoms with Crippen LogP contribution in [0.15, 0.2) is 11.6 Å². The number of rotatable bonds is 1. The van der Waals surface area contributed by atoms with Gasteiger partial charge in [0, 0.05) is 0 Å². The summed E-state index contributed by atoms with van der Waals surface area (Å²) in [6, 6.07) is 0. The van der Waals surface area contributed by atoms with Crippen LogP contribution in [0.5, 0.6) is 0 Å². The third-order valence-electron chi connectivity index (χ3n) is 13.3. The highest BCUT2D eigenvalue weighted by molar-refractivity contribution is 5.74. The molecule has 0 amide bonds. The number of carboxylic acid groups (broad SMARTS) is 1. The quantitative estimate of drug-likeness (QED) is 0.409. The smallest absolute Gasteiger partial charge is 0.309 e. The Hall–Kier alpha value is -0.830. The van der Waals surface area contributed by atoms with Gasteiger partial charge in [-0.25, -0.2) is 0 Å². The van der Waals surface area contributed by atoms with Crippen LogP contribution in [0.4, 0.5) is 0 Å². The SMILES string of the molecule is CC12CCC3(C)C(=CCC4C5(C)CCC(O)C(C)(C)C5CCC43C)C1C[C@@](C)(C(=O)O)CC2. The van der Waals surface area contributed by atoms with E-state index in [1.165, 1.54) is 25.7 Å². The summed E-state index contributed by atoms with van der Waals surface area (Å²) in [5.41, 5.74) is 1.94. The number of allylic oxidation sites excluding steroid dienone is 2. The summed E-state index contributed by atoms with van der Waals surface area (Å²) in [6.45, 7) is 16.8. The highest BCUT2D eigenvalue weighted by Gasteiger charge is 2.68. The topological polar surface area (TPSA) is 57.5 Å². The number of aliphatic carboxylic acids is 1. The van der Waals surface area contributed by atoms with Crippen molar-refractivity contribution in [2.45, 2.75) is 119 Å². The minimum atomic E-state index is -0.603. The maximum absolute atomic E-state index is 12.2. The second-order valence-corrected chi connectivity index (χ2v) is 14.9. The van der Waals surface area contributed by atoms with E-state index in [9.17, 15) is 15.0 Å². The molecule has 3 heteroatoms. The first kappa shape index (κ1) is 23.9. The van der Waals surface area contributed by atoms with Crippen molar-refractivity contribution < 1.29 is 15.0 Å². The lowest BCUT2D eigenvalue weighted by atomic mass is 9.33. The van der Waals surface area contributed by atoms with E-state index in [0.717, 1.165) is 38.5 Å². The van der Waals surface area contributed by atoms with E-state index in [1.54, 1.807) is 5.57 Å². The van der Waals surface area contributed by atoms with E-state index in [0.29, 0.717) is 17.8 Å². The van der Waals surface area contributed by atoms with Crippen LogP contribution in [0, 0.1) is 50.2 Å². The fraction of sp³-hybridized carbons (Fsp3) is 0.900. The molecular weight excluding hydrogens is 408 g/mol. The molecule has 0 aromatic rings. The second-order valence-electron chi connectivity index (χ2n) is 14.9. The zero-order valence-electron chi connectivity index (χ0n) is 22.3. The largest absolute Gasteiger partial charge is 0.481 e. The van der Waals surface area contributed by atoms with Crippen molar-refractivity contribution in [2.24, 2.45) is 50.2 Å². The Morgan fingerprint density at radius 1 is 0.879 bits per heavy atom. The van der Waals surface area contributed by atoms with Gasteiger partial charge >= 0.3 is 5.97 Å². The molecule has 0 aromatic carbocycles. The molecule has 3 nitrogen and oxygen atoms in total. The molecule has 4 fully saturated rings. The molecule has 5 aliphatic carbocycles. The Morgan fingerprint density at radius 2 is 1.55 bits per heavy atom. The first-order valence-electron chi connectivity index (χ1n) is 13.8. The molecule has 0 saturated heterocycles. The van der Waals surface area contributed by atoms with Gasteiger partial charge in [0.05, 0.1) is 11.5 Å². The highest BCUT2D eigenvalue weighted by Crippen LogP contribution is 2.75. The Labute approximate surface area is 201 Å². The van der Waals surface area contributed by atoms with Crippen LogP contribution in [-0.2, 0) is 4.79 Å². The van der Waals surface area contributed by atoms with Crippen molar-refractivity contribution in [3.05, 3.63) is 11.6 Å². The monoisotopic (exact) mass is 456 g/mol. The summed E-state index contributed by atoms with van der Waals surface area (Å²) in [5, 5.41) is 20.9. The Kier molecular flexibility index (Phi) is 4.99. The van der Waals surface area contributed by atoms with E-state index in [4.69, 9.17) is 0 Å². The molecule has 0 radical (unpaired) electrons. The van der Waals surface area contributed by atoms with Crippen LogP contribution in [0.2, 0.25) is 0 Å². The molecule has 186 valence electrons. The Bertz CT molecular complexity index is 889. The molecule has 33 heavy (non-hydrogen) atoms. The maximum atomic E-state index is 12.2. The van der Waals surface area contributed by atoms with E-state index < -0.39 is 11.4 Å². The standard InChI is InChI=1S/C30H48O3/c1-25(2)21-10-13-30(7)22(28(21,5)12-11-23(25)31)9-8-19-20-18-27(4,24(32)33)15-14-26(20,3)16-17-29(19,30)6/h8,20-23,31H,9-18H2,1-7H3,(H,32,33)/t20?,21?,22?,23?,26?,27-,28?,29?,30?/m0/s1. The van der Waals surface area contributed by atoms with Gasteiger partial charge in [0.1, 0.15) is 0 Å². The van der Waals surface area contributed by atoms with Gasteiger partial charge in [-0.2, -0.15) is 0 Å². The molecule has 0 aliphatic heterocycles. The minimum absolute atomic E-state index is 0.0168. The lowest BCUT2D eigenvalue weighted by Gasteiger charge is -2.71. The van der Waals surface area contributed by atoms with Gasteiger partial charge in [-0.15, -0.1) is 0 Å². The van der Waals surface area contributed by atoms with Crippen molar-refractivity contribution in [1.82, 2.24) is 0 Å². The van der Waals surface area contributed by atoms with Gasteiger partial charge in [0.2, 0.25) is 0 Å². The summed E-state index contributed by atoms with van der Waals surface area (Å²) >= 11 is 0. The minimum Gasteiger partial charge on any atom is -0.481 e.